The zero-order valence-corrected chi connectivity index (χ0v) is 17.6. The lowest BCUT2D eigenvalue weighted by atomic mass is 9.88. The van der Waals surface area contributed by atoms with Crippen molar-refractivity contribution in [3.63, 3.8) is 0 Å². The van der Waals surface area contributed by atoms with Crippen molar-refractivity contribution in [3.05, 3.63) is 106 Å². The number of likely N-dealkylation sites (tertiary alicyclic amines) is 1. The molecule has 4 rings (SSSR count). The van der Waals surface area contributed by atoms with Crippen LogP contribution in [0.2, 0.25) is 5.02 Å². The second-order valence-electron chi connectivity index (χ2n) is 7.69. The van der Waals surface area contributed by atoms with Crippen molar-refractivity contribution in [1.82, 2.24) is 10.2 Å². The number of benzene rings is 3. The molecule has 3 aromatic carbocycles. The number of halogens is 2. The molecule has 1 N–H and O–H groups in total. The molecule has 0 saturated carbocycles. The molecule has 0 unspecified atom stereocenters. The van der Waals surface area contributed by atoms with E-state index in [1.807, 2.05) is 30.3 Å². The highest BCUT2D eigenvalue weighted by Crippen LogP contribution is 2.34. The van der Waals surface area contributed by atoms with Crippen LogP contribution in [0.25, 0.3) is 0 Å². The van der Waals surface area contributed by atoms with Crippen molar-refractivity contribution in [2.24, 2.45) is 5.92 Å². The Kier molecular flexibility index (Phi) is 6.33. The summed E-state index contributed by atoms with van der Waals surface area (Å²) in [4.78, 5) is 27.9. The van der Waals surface area contributed by atoms with E-state index in [1.165, 1.54) is 12.1 Å². The maximum absolute atomic E-state index is 13.1. The van der Waals surface area contributed by atoms with Gasteiger partial charge in [0.25, 0.3) is 5.91 Å². The SMILES string of the molecule is O=C(NCc1ccc(F)cc1)[C@H]1CN(C(=O)c2cccc(Cl)c2)C[C@@H]1c1ccccc1. The zero-order valence-electron chi connectivity index (χ0n) is 16.8. The van der Waals surface area contributed by atoms with E-state index in [1.54, 1.807) is 41.3 Å². The minimum atomic E-state index is -0.383. The van der Waals surface area contributed by atoms with Gasteiger partial charge in [-0.3, -0.25) is 9.59 Å². The van der Waals surface area contributed by atoms with Gasteiger partial charge in [-0.1, -0.05) is 60.1 Å². The molecule has 4 nitrogen and oxygen atoms in total. The molecule has 1 aliphatic rings. The van der Waals surface area contributed by atoms with E-state index in [0.717, 1.165) is 11.1 Å². The van der Waals surface area contributed by atoms with Crippen molar-refractivity contribution in [2.45, 2.75) is 12.5 Å². The Labute approximate surface area is 185 Å². The molecule has 0 bridgehead atoms. The van der Waals surface area contributed by atoms with E-state index in [9.17, 15) is 14.0 Å². The fourth-order valence-electron chi connectivity index (χ4n) is 4.00. The zero-order chi connectivity index (χ0) is 21.8. The number of carbonyl (C=O) groups is 2. The summed E-state index contributed by atoms with van der Waals surface area (Å²) in [6.45, 7) is 1.07. The minimum Gasteiger partial charge on any atom is -0.352 e. The van der Waals surface area contributed by atoms with E-state index in [-0.39, 0.29) is 29.5 Å². The number of hydrogen-bond donors (Lipinski definition) is 1. The molecule has 31 heavy (non-hydrogen) atoms. The Morgan fingerprint density at radius 3 is 2.42 bits per heavy atom. The first-order chi connectivity index (χ1) is 15.0. The van der Waals surface area contributed by atoms with Gasteiger partial charge in [-0.25, -0.2) is 4.39 Å². The topological polar surface area (TPSA) is 49.4 Å². The Bertz CT molecular complexity index is 1070. The van der Waals surface area contributed by atoms with Crippen LogP contribution in [0.5, 0.6) is 0 Å². The van der Waals surface area contributed by atoms with E-state index >= 15 is 0 Å². The van der Waals surface area contributed by atoms with Gasteiger partial charge >= 0.3 is 0 Å². The fourth-order valence-corrected chi connectivity index (χ4v) is 4.19. The Morgan fingerprint density at radius 2 is 1.71 bits per heavy atom. The highest BCUT2D eigenvalue weighted by atomic mass is 35.5. The predicted octanol–water partition coefficient (Wildman–Crippen LogP) is 4.65. The second kappa shape index (κ2) is 9.31. The van der Waals surface area contributed by atoms with Gasteiger partial charge in [0.05, 0.1) is 5.92 Å². The van der Waals surface area contributed by atoms with Crippen LogP contribution in [0.4, 0.5) is 4.39 Å². The maximum Gasteiger partial charge on any atom is 0.253 e. The Morgan fingerprint density at radius 1 is 0.968 bits per heavy atom. The minimum absolute atomic E-state index is 0.113. The average Bonchev–Trinajstić information content (AvgIpc) is 3.24. The van der Waals surface area contributed by atoms with Gasteiger partial charge in [0.1, 0.15) is 5.82 Å². The lowest BCUT2D eigenvalue weighted by Gasteiger charge is -2.18. The third-order valence-electron chi connectivity index (χ3n) is 5.62. The number of hydrogen-bond acceptors (Lipinski definition) is 2. The molecular formula is C25H22ClFN2O2. The molecule has 2 amide bonds. The lowest BCUT2D eigenvalue weighted by Crippen LogP contribution is -2.35. The molecule has 0 spiro atoms. The van der Waals surface area contributed by atoms with Gasteiger partial charge < -0.3 is 10.2 Å². The highest BCUT2D eigenvalue weighted by molar-refractivity contribution is 6.30. The summed E-state index contributed by atoms with van der Waals surface area (Å²) in [5.74, 6) is -1.08. The van der Waals surface area contributed by atoms with Crippen LogP contribution in [0.15, 0.2) is 78.9 Å². The van der Waals surface area contributed by atoms with Gasteiger partial charge in [0.2, 0.25) is 5.91 Å². The summed E-state index contributed by atoms with van der Waals surface area (Å²) in [5, 5.41) is 3.45. The van der Waals surface area contributed by atoms with Gasteiger partial charge in [-0.15, -0.1) is 0 Å². The van der Waals surface area contributed by atoms with Crippen molar-refractivity contribution in [2.75, 3.05) is 13.1 Å². The van der Waals surface area contributed by atoms with Crippen LogP contribution in [0, 0.1) is 11.7 Å². The lowest BCUT2D eigenvalue weighted by molar-refractivity contribution is -0.125. The molecule has 2 atom stereocenters. The summed E-state index contributed by atoms with van der Waals surface area (Å²) in [7, 11) is 0. The molecule has 0 aliphatic carbocycles. The molecule has 3 aromatic rings. The van der Waals surface area contributed by atoms with Crippen molar-refractivity contribution in [3.8, 4) is 0 Å². The molecule has 1 aliphatic heterocycles. The summed E-state index contributed by atoms with van der Waals surface area (Å²) in [6, 6.07) is 22.6. The van der Waals surface area contributed by atoms with Gasteiger partial charge in [-0.2, -0.15) is 0 Å². The number of nitrogens with zero attached hydrogens (tertiary/aromatic N) is 1. The van der Waals surface area contributed by atoms with Gasteiger partial charge in [-0.05, 0) is 41.5 Å². The molecule has 1 heterocycles. The molecular weight excluding hydrogens is 415 g/mol. The van der Waals surface area contributed by atoms with Crippen molar-refractivity contribution < 1.29 is 14.0 Å². The van der Waals surface area contributed by atoms with Crippen LogP contribution in [0.1, 0.15) is 27.4 Å². The molecule has 6 heteroatoms. The van der Waals surface area contributed by atoms with Crippen LogP contribution in [0.3, 0.4) is 0 Å². The number of nitrogens with one attached hydrogen (secondary N) is 1. The second-order valence-corrected chi connectivity index (χ2v) is 8.12. The maximum atomic E-state index is 13.1. The van der Waals surface area contributed by atoms with Crippen LogP contribution in [-0.2, 0) is 11.3 Å². The van der Waals surface area contributed by atoms with Gasteiger partial charge in [0, 0.05) is 36.1 Å². The summed E-state index contributed by atoms with van der Waals surface area (Å²) in [5.41, 5.74) is 2.34. The molecule has 0 radical (unpaired) electrons. The van der Waals surface area contributed by atoms with Crippen molar-refractivity contribution in [1.29, 1.82) is 0 Å². The molecule has 1 fully saturated rings. The quantitative estimate of drug-likeness (QED) is 0.632. The Balaban J connectivity index is 1.52. The smallest absolute Gasteiger partial charge is 0.253 e. The molecule has 0 aromatic heterocycles. The first kappa shape index (κ1) is 21.1. The normalized spacial score (nSPS) is 18.1. The van der Waals surface area contributed by atoms with Crippen LogP contribution >= 0.6 is 11.6 Å². The highest BCUT2D eigenvalue weighted by Gasteiger charge is 2.40. The number of amides is 2. The van der Waals surface area contributed by atoms with Gasteiger partial charge in [0.15, 0.2) is 0 Å². The van der Waals surface area contributed by atoms with E-state index in [4.69, 9.17) is 11.6 Å². The Hall–Kier alpha value is -3.18. The number of carbonyl (C=O) groups excluding carboxylic acids is 2. The monoisotopic (exact) mass is 436 g/mol. The first-order valence-electron chi connectivity index (χ1n) is 10.1. The average molecular weight is 437 g/mol. The fraction of sp³-hybridized carbons (Fsp3) is 0.200. The van der Waals surface area contributed by atoms with E-state index < -0.39 is 0 Å². The first-order valence-corrected chi connectivity index (χ1v) is 10.5. The summed E-state index contributed by atoms with van der Waals surface area (Å²) < 4.78 is 13.1. The third-order valence-corrected chi connectivity index (χ3v) is 5.86. The molecule has 158 valence electrons. The van der Waals surface area contributed by atoms with Crippen LogP contribution in [-0.4, -0.2) is 29.8 Å². The number of rotatable bonds is 5. The van der Waals surface area contributed by atoms with E-state index in [2.05, 4.69) is 5.32 Å². The van der Waals surface area contributed by atoms with E-state index in [0.29, 0.717) is 30.2 Å². The molecule has 1 saturated heterocycles. The predicted molar refractivity (Wildman–Crippen MR) is 118 cm³/mol. The summed E-state index contributed by atoms with van der Waals surface area (Å²) in [6.07, 6.45) is 0. The van der Waals surface area contributed by atoms with Crippen LogP contribution < -0.4 is 5.32 Å². The standard InChI is InChI=1S/C25H22ClFN2O2/c26-20-8-4-7-19(13-20)25(31)29-15-22(18-5-2-1-3-6-18)23(16-29)24(30)28-14-17-9-11-21(27)12-10-17/h1-13,22-23H,14-16H2,(H,28,30)/t22-,23+/m1/s1. The van der Waals surface area contributed by atoms with Crippen molar-refractivity contribution >= 4 is 23.4 Å². The largest absolute Gasteiger partial charge is 0.352 e. The summed E-state index contributed by atoms with van der Waals surface area (Å²) >= 11 is 6.05. The third kappa shape index (κ3) is 4.94.